The molecule has 220 valence electrons. The quantitative estimate of drug-likeness (QED) is 0.402. The lowest BCUT2D eigenvalue weighted by atomic mass is 9.91. The van der Waals surface area contributed by atoms with Gasteiger partial charge in [-0.05, 0) is 59.6 Å². The van der Waals surface area contributed by atoms with Crippen molar-refractivity contribution in [3.63, 3.8) is 0 Å². The van der Waals surface area contributed by atoms with Crippen molar-refractivity contribution < 1.29 is 28.6 Å². The summed E-state index contributed by atoms with van der Waals surface area (Å²) in [6.45, 7) is 13.2. The molecule has 0 spiro atoms. The molecule has 0 aliphatic carbocycles. The third-order valence-electron chi connectivity index (χ3n) is 7.25. The van der Waals surface area contributed by atoms with Gasteiger partial charge >= 0.3 is 18.1 Å². The first-order valence-corrected chi connectivity index (χ1v) is 14.0. The van der Waals surface area contributed by atoms with Gasteiger partial charge in [0.1, 0.15) is 11.3 Å². The maximum atomic E-state index is 14.4. The SMILES string of the molecule is CCOC(=O)C1=C(C)N(Cc2ccccc2)C(=O)N(Cc2ccccc2)[C@H]1[C@H]1COC(C)(C)N1C(=O)OC(C)(C)C. The first-order chi connectivity index (χ1) is 19.3. The topological polar surface area (TPSA) is 88.6 Å². The van der Waals surface area contributed by atoms with Gasteiger partial charge < -0.3 is 19.1 Å². The van der Waals surface area contributed by atoms with E-state index in [9.17, 15) is 14.4 Å². The molecule has 0 aromatic heterocycles. The van der Waals surface area contributed by atoms with Gasteiger partial charge in [0.05, 0.1) is 37.4 Å². The van der Waals surface area contributed by atoms with E-state index in [4.69, 9.17) is 14.2 Å². The molecule has 3 amide bonds. The number of amides is 3. The number of ether oxygens (including phenoxy) is 3. The minimum Gasteiger partial charge on any atom is -0.463 e. The van der Waals surface area contributed by atoms with Gasteiger partial charge in [-0.3, -0.25) is 9.80 Å². The Balaban J connectivity index is 1.88. The Bertz CT molecular complexity index is 1290. The van der Waals surface area contributed by atoms with Gasteiger partial charge in [0.2, 0.25) is 0 Å². The minimum absolute atomic E-state index is 0.102. The zero-order chi connectivity index (χ0) is 29.9. The van der Waals surface area contributed by atoms with E-state index in [2.05, 4.69) is 0 Å². The van der Waals surface area contributed by atoms with Crippen LogP contribution in [0.2, 0.25) is 0 Å². The van der Waals surface area contributed by atoms with Crippen molar-refractivity contribution in [2.24, 2.45) is 0 Å². The Labute approximate surface area is 242 Å². The summed E-state index contributed by atoms with van der Waals surface area (Å²) in [7, 11) is 0. The largest absolute Gasteiger partial charge is 0.463 e. The van der Waals surface area contributed by atoms with Gasteiger partial charge in [0.25, 0.3) is 0 Å². The second-order valence-corrected chi connectivity index (χ2v) is 11.8. The smallest absolute Gasteiger partial charge is 0.412 e. The second-order valence-electron chi connectivity index (χ2n) is 11.8. The summed E-state index contributed by atoms with van der Waals surface area (Å²) in [5, 5.41) is 0. The monoisotopic (exact) mass is 563 g/mol. The van der Waals surface area contributed by atoms with Crippen LogP contribution in [-0.4, -0.2) is 69.4 Å². The molecule has 4 rings (SSSR count). The lowest BCUT2D eigenvalue weighted by molar-refractivity contribution is -0.140. The number of benzene rings is 2. The highest BCUT2D eigenvalue weighted by molar-refractivity contribution is 5.95. The van der Waals surface area contributed by atoms with E-state index >= 15 is 0 Å². The maximum absolute atomic E-state index is 14.4. The van der Waals surface area contributed by atoms with Crippen LogP contribution in [0.4, 0.5) is 9.59 Å². The Kier molecular flexibility index (Phi) is 8.77. The van der Waals surface area contributed by atoms with E-state index in [0.717, 1.165) is 11.1 Å². The molecule has 0 saturated carbocycles. The van der Waals surface area contributed by atoms with E-state index in [1.165, 1.54) is 4.90 Å². The van der Waals surface area contributed by atoms with Gasteiger partial charge in [-0.1, -0.05) is 60.7 Å². The Morgan fingerprint density at radius 2 is 1.54 bits per heavy atom. The molecule has 2 aromatic rings. The van der Waals surface area contributed by atoms with E-state index in [0.29, 0.717) is 11.3 Å². The predicted molar refractivity (Wildman–Crippen MR) is 154 cm³/mol. The fourth-order valence-electron chi connectivity index (χ4n) is 5.44. The lowest BCUT2D eigenvalue weighted by Gasteiger charge is -2.47. The van der Waals surface area contributed by atoms with Crippen LogP contribution in [0, 0.1) is 0 Å². The molecule has 0 N–H and O–H groups in total. The van der Waals surface area contributed by atoms with Crippen LogP contribution < -0.4 is 0 Å². The molecule has 0 radical (unpaired) electrons. The number of hydrogen-bond acceptors (Lipinski definition) is 6. The molecule has 0 unspecified atom stereocenters. The molecule has 0 bridgehead atoms. The fourth-order valence-corrected chi connectivity index (χ4v) is 5.44. The zero-order valence-electron chi connectivity index (χ0n) is 25.0. The first kappa shape index (κ1) is 30.1. The van der Waals surface area contributed by atoms with Crippen molar-refractivity contribution in [3.8, 4) is 0 Å². The van der Waals surface area contributed by atoms with Crippen molar-refractivity contribution in [1.82, 2.24) is 14.7 Å². The summed E-state index contributed by atoms with van der Waals surface area (Å²) in [6, 6.07) is 17.4. The average Bonchev–Trinajstić information content (AvgIpc) is 3.22. The highest BCUT2D eigenvalue weighted by atomic mass is 16.6. The van der Waals surface area contributed by atoms with E-state index in [1.807, 2.05) is 60.7 Å². The summed E-state index contributed by atoms with van der Waals surface area (Å²) in [5.74, 6) is -0.535. The molecule has 9 nitrogen and oxygen atoms in total. The first-order valence-electron chi connectivity index (χ1n) is 14.0. The van der Waals surface area contributed by atoms with Gasteiger partial charge in [-0.2, -0.15) is 0 Å². The van der Waals surface area contributed by atoms with Gasteiger partial charge in [-0.15, -0.1) is 0 Å². The predicted octanol–water partition coefficient (Wildman–Crippen LogP) is 5.70. The summed E-state index contributed by atoms with van der Waals surface area (Å²) in [6.07, 6.45) is -0.579. The number of carbonyl (C=O) groups excluding carboxylic acids is 3. The van der Waals surface area contributed by atoms with Crippen molar-refractivity contribution in [1.29, 1.82) is 0 Å². The number of rotatable bonds is 7. The maximum Gasteiger partial charge on any atom is 0.412 e. The number of hydrogen-bond donors (Lipinski definition) is 0. The summed E-state index contributed by atoms with van der Waals surface area (Å²) in [5.41, 5.74) is 0.814. The Hall–Kier alpha value is -3.85. The van der Waals surface area contributed by atoms with E-state index in [1.54, 1.807) is 58.3 Å². The van der Waals surface area contributed by atoms with Crippen molar-refractivity contribution in [3.05, 3.63) is 83.1 Å². The number of esters is 1. The Morgan fingerprint density at radius 3 is 2.07 bits per heavy atom. The van der Waals surface area contributed by atoms with Crippen LogP contribution in [0.15, 0.2) is 71.9 Å². The summed E-state index contributed by atoms with van der Waals surface area (Å²) >= 11 is 0. The van der Waals surface area contributed by atoms with Crippen LogP contribution in [0.5, 0.6) is 0 Å². The summed E-state index contributed by atoms with van der Waals surface area (Å²) in [4.78, 5) is 46.6. The molecule has 2 atom stereocenters. The van der Waals surface area contributed by atoms with Gasteiger partial charge in [0, 0.05) is 12.2 Å². The van der Waals surface area contributed by atoms with Crippen LogP contribution >= 0.6 is 0 Å². The van der Waals surface area contributed by atoms with Gasteiger partial charge in [0.15, 0.2) is 0 Å². The number of allylic oxidation sites excluding steroid dienone is 1. The van der Waals surface area contributed by atoms with Crippen LogP contribution in [0.1, 0.15) is 59.6 Å². The number of nitrogens with zero attached hydrogens (tertiary/aromatic N) is 3. The number of carbonyl (C=O) groups is 3. The fraction of sp³-hybridized carbons (Fsp3) is 0.469. The highest BCUT2D eigenvalue weighted by Crippen LogP contribution is 2.39. The zero-order valence-corrected chi connectivity index (χ0v) is 25.0. The van der Waals surface area contributed by atoms with Crippen molar-refractivity contribution in [2.45, 2.75) is 85.0 Å². The highest BCUT2D eigenvalue weighted by Gasteiger charge is 2.55. The standard InChI is InChI=1S/C32H41N3O6/c1-8-39-28(36)26-22(2)33(19-23-15-11-9-12-16-23)29(37)34(20-24-17-13-10-14-18-24)27(26)25-21-40-32(6,7)35(25)30(38)41-31(3,4)5/h9-18,25,27H,8,19-21H2,1-7H3/t25-,27+/m1/s1. The molecule has 1 saturated heterocycles. The molecule has 41 heavy (non-hydrogen) atoms. The lowest BCUT2D eigenvalue weighted by Crippen LogP contribution is -2.63. The molecular weight excluding hydrogens is 522 g/mol. The van der Waals surface area contributed by atoms with Crippen LogP contribution in [0.25, 0.3) is 0 Å². The Morgan fingerprint density at radius 1 is 0.976 bits per heavy atom. The van der Waals surface area contributed by atoms with E-state index in [-0.39, 0.29) is 32.3 Å². The van der Waals surface area contributed by atoms with E-state index < -0.39 is 35.5 Å². The average molecular weight is 564 g/mol. The molecule has 2 heterocycles. The van der Waals surface area contributed by atoms with Crippen molar-refractivity contribution >= 4 is 18.1 Å². The second kappa shape index (κ2) is 11.9. The normalized spacial score (nSPS) is 20.9. The molecule has 9 heteroatoms. The van der Waals surface area contributed by atoms with Gasteiger partial charge in [-0.25, -0.2) is 14.4 Å². The minimum atomic E-state index is -1.04. The molecule has 2 aliphatic heterocycles. The molecule has 1 fully saturated rings. The summed E-state index contributed by atoms with van der Waals surface area (Å²) < 4.78 is 17.5. The molecule has 2 aromatic carbocycles. The third-order valence-corrected chi connectivity index (χ3v) is 7.25. The molecule has 2 aliphatic rings. The van der Waals surface area contributed by atoms with Crippen molar-refractivity contribution in [2.75, 3.05) is 13.2 Å². The van der Waals surface area contributed by atoms with Crippen LogP contribution in [0.3, 0.4) is 0 Å². The third kappa shape index (κ3) is 6.56. The molecular formula is C32H41N3O6. The van der Waals surface area contributed by atoms with Crippen LogP contribution in [-0.2, 0) is 32.1 Å². The number of urea groups is 1.